The lowest BCUT2D eigenvalue weighted by molar-refractivity contribution is -0.124. The molecular weight excluding hydrogens is 365 g/mol. The third kappa shape index (κ3) is 2.45. The van der Waals surface area contributed by atoms with E-state index in [2.05, 4.69) is 13.8 Å². The Labute approximate surface area is 162 Å². The zero-order valence-electron chi connectivity index (χ0n) is 17.1. The average molecular weight is 395 g/mol. The summed E-state index contributed by atoms with van der Waals surface area (Å²) in [7, 11) is -4.26. The summed E-state index contributed by atoms with van der Waals surface area (Å²) in [5.41, 5.74) is -1.34. The SMILES string of the molecule is CC1(C)OB(/C=C/C(=O)N2C3C[C@H]4CC[C@]3(CS2(=O)=O)C4(C)C)OC1(C)C. The average Bonchev–Trinajstić information content (AvgIpc) is 3.05. The van der Waals surface area contributed by atoms with E-state index in [1.807, 2.05) is 27.7 Å². The molecule has 4 aliphatic rings. The summed E-state index contributed by atoms with van der Waals surface area (Å²) in [4.78, 5) is 12.9. The van der Waals surface area contributed by atoms with Crippen molar-refractivity contribution in [3.63, 3.8) is 0 Å². The van der Waals surface area contributed by atoms with Crippen LogP contribution in [-0.2, 0) is 24.1 Å². The van der Waals surface area contributed by atoms with Crippen LogP contribution in [0.2, 0.25) is 0 Å². The number of sulfonamides is 1. The smallest absolute Gasteiger partial charge is 0.400 e. The molecule has 8 heteroatoms. The molecular formula is C19H30BNO5S. The summed E-state index contributed by atoms with van der Waals surface area (Å²) in [5.74, 6) is 1.64. The van der Waals surface area contributed by atoms with Crippen LogP contribution in [0.3, 0.4) is 0 Å². The number of amides is 1. The quantitative estimate of drug-likeness (QED) is 0.531. The molecule has 1 spiro atoms. The minimum Gasteiger partial charge on any atom is -0.400 e. The molecule has 27 heavy (non-hydrogen) atoms. The zero-order chi connectivity index (χ0) is 20.0. The first kappa shape index (κ1) is 19.5. The van der Waals surface area contributed by atoms with E-state index in [9.17, 15) is 13.2 Å². The third-order valence-corrected chi connectivity index (χ3v) is 10.2. The van der Waals surface area contributed by atoms with Gasteiger partial charge >= 0.3 is 7.12 Å². The summed E-state index contributed by atoms with van der Waals surface area (Å²) in [6.07, 6.45) is 4.05. The highest BCUT2D eigenvalue weighted by Crippen LogP contribution is 2.69. The molecule has 3 atom stereocenters. The standard InChI is InChI=1S/C19H30BNO5S/c1-16(2)13-7-9-19(16)12-27(23,24)21(14(19)11-13)15(22)8-10-20-25-17(3,4)18(5,6)26-20/h8,10,13-14H,7,9,11-12H2,1-6H3/b10-8+/t13-,14?,19-/m1/s1. The molecule has 2 aliphatic carbocycles. The first-order valence-electron chi connectivity index (χ1n) is 9.83. The van der Waals surface area contributed by atoms with E-state index in [4.69, 9.17) is 9.31 Å². The van der Waals surface area contributed by atoms with Gasteiger partial charge in [-0.2, -0.15) is 0 Å². The summed E-state index contributed by atoms with van der Waals surface area (Å²) < 4.78 is 38.7. The lowest BCUT2D eigenvalue weighted by atomic mass is 9.69. The summed E-state index contributed by atoms with van der Waals surface area (Å²) in [6.45, 7) is 12.1. The number of fused-ring (bicyclic) bond motifs is 1. The maximum Gasteiger partial charge on any atom is 0.487 e. The van der Waals surface area contributed by atoms with Crippen LogP contribution >= 0.6 is 0 Å². The number of carbonyl (C=O) groups is 1. The van der Waals surface area contributed by atoms with Crippen LogP contribution in [-0.4, -0.2) is 48.7 Å². The highest BCUT2D eigenvalue weighted by atomic mass is 32.2. The Morgan fingerprint density at radius 2 is 1.70 bits per heavy atom. The van der Waals surface area contributed by atoms with Crippen LogP contribution < -0.4 is 0 Å². The maximum absolute atomic E-state index is 12.9. The van der Waals surface area contributed by atoms with Crippen molar-refractivity contribution in [3.05, 3.63) is 12.1 Å². The molecule has 2 aliphatic heterocycles. The Morgan fingerprint density at radius 1 is 1.11 bits per heavy atom. The van der Waals surface area contributed by atoms with Crippen molar-refractivity contribution in [2.24, 2.45) is 16.7 Å². The molecule has 150 valence electrons. The van der Waals surface area contributed by atoms with Crippen LogP contribution in [0.1, 0.15) is 60.8 Å². The second kappa shape index (κ2) is 5.39. The van der Waals surface area contributed by atoms with Crippen LogP contribution in [0.25, 0.3) is 0 Å². The fourth-order valence-electron chi connectivity index (χ4n) is 5.78. The van der Waals surface area contributed by atoms with Gasteiger partial charge in [-0.15, -0.1) is 0 Å². The van der Waals surface area contributed by atoms with Gasteiger partial charge in [-0.25, -0.2) is 12.7 Å². The minimum absolute atomic E-state index is 0.0464. The molecule has 0 aromatic heterocycles. The fraction of sp³-hybridized carbons (Fsp3) is 0.842. The Bertz CT molecular complexity index is 802. The van der Waals surface area contributed by atoms with Gasteiger partial charge in [0.2, 0.25) is 10.0 Å². The van der Waals surface area contributed by atoms with Gasteiger partial charge in [-0.1, -0.05) is 13.8 Å². The van der Waals surface area contributed by atoms with Gasteiger partial charge < -0.3 is 9.31 Å². The third-order valence-electron chi connectivity index (χ3n) is 8.30. The molecule has 0 aromatic rings. The van der Waals surface area contributed by atoms with E-state index in [1.165, 1.54) is 12.1 Å². The number of nitrogens with zero attached hydrogens (tertiary/aromatic N) is 1. The van der Waals surface area contributed by atoms with Crippen LogP contribution in [0.4, 0.5) is 0 Å². The maximum atomic E-state index is 12.9. The fourth-order valence-corrected chi connectivity index (χ4v) is 8.29. The molecule has 1 unspecified atom stereocenters. The molecule has 2 bridgehead atoms. The van der Waals surface area contributed by atoms with Gasteiger partial charge in [0.15, 0.2) is 0 Å². The molecule has 6 nitrogen and oxygen atoms in total. The highest BCUT2D eigenvalue weighted by Gasteiger charge is 2.72. The largest absolute Gasteiger partial charge is 0.487 e. The van der Waals surface area contributed by atoms with Crippen molar-refractivity contribution >= 4 is 23.0 Å². The summed E-state index contributed by atoms with van der Waals surface area (Å²) >= 11 is 0. The normalized spacial score (nSPS) is 40.1. The molecule has 1 amide bonds. The second-order valence-electron chi connectivity index (χ2n) is 10.2. The molecule has 2 heterocycles. The number of hydrogen-bond acceptors (Lipinski definition) is 5. The first-order chi connectivity index (χ1) is 12.2. The Balaban J connectivity index is 1.57. The van der Waals surface area contributed by atoms with Gasteiger partial charge in [-0.05, 0) is 70.3 Å². The van der Waals surface area contributed by atoms with Gasteiger partial charge in [0.25, 0.3) is 5.91 Å². The van der Waals surface area contributed by atoms with Crippen LogP contribution in [0.5, 0.6) is 0 Å². The first-order valence-corrected chi connectivity index (χ1v) is 11.4. The molecule has 0 aromatic carbocycles. The van der Waals surface area contributed by atoms with Gasteiger partial charge in [0, 0.05) is 5.41 Å². The molecule has 0 N–H and O–H groups in total. The number of rotatable bonds is 2. The predicted molar refractivity (Wildman–Crippen MR) is 103 cm³/mol. The molecule has 2 saturated carbocycles. The summed E-state index contributed by atoms with van der Waals surface area (Å²) in [6, 6.07) is -0.216. The van der Waals surface area contributed by atoms with E-state index >= 15 is 0 Å². The van der Waals surface area contributed by atoms with E-state index in [-0.39, 0.29) is 22.6 Å². The minimum atomic E-state index is -3.60. The van der Waals surface area contributed by atoms with Crippen LogP contribution in [0, 0.1) is 16.7 Å². The Kier molecular flexibility index (Phi) is 3.89. The monoisotopic (exact) mass is 395 g/mol. The highest BCUT2D eigenvalue weighted by molar-refractivity contribution is 7.90. The van der Waals surface area contributed by atoms with Gasteiger partial charge in [0.05, 0.1) is 23.0 Å². The predicted octanol–water partition coefficient (Wildman–Crippen LogP) is 2.54. The molecule has 2 saturated heterocycles. The lowest BCUT2D eigenvalue weighted by Crippen LogP contribution is -2.43. The van der Waals surface area contributed by atoms with E-state index in [1.54, 1.807) is 0 Å². The van der Waals surface area contributed by atoms with Crippen molar-refractivity contribution in [1.82, 2.24) is 4.31 Å². The second-order valence-corrected chi connectivity index (χ2v) is 12.1. The van der Waals surface area contributed by atoms with E-state index in [0.29, 0.717) is 5.92 Å². The topological polar surface area (TPSA) is 72.9 Å². The lowest BCUT2D eigenvalue weighted by Gasteiger charge is -2.36. The molecule has 0 radical (unpaired) electrons. The van der Waals surface area contributed by atoms with Crippen molar-refractivity contribution in [2.45, 2.75) is 78.0 Å². The van der Waals surface area contributed by atoms with E-state index in [0.717, 1.165) is 23.6 Å². The van der Waals surface area contributed by atoms with Crippen molar-refractivity contribution in [1.29, 1.82) is 0 Å². The van der Waals surface area contributed by atoms with E-state index < -0.39 is 34.3 Å². The molecule has 4 rings (SSSR count). The van der Waals surface area contributed by atoms with Gasteiger partial charge in [-0.3, -0.25) is 4.79 Å². The Morgan fingerprint density at radius 3 is 2.26 bits per heavy atom. The number of carbonyl (C=O) groups excluding carboxylic acids is 1. The molecule has 4 fully saturated rings. The zero-order valence-corrected chi connectivity index (χ0v) is 17.9. The van der Waals surface area contributed by atoms with Crippen molar-refractivity contribution in [3.8, 4) is 0 Å². The van der Waals surface area contributed by atoms with Crippen molar-refractivity contribution < 1.29 is 22.5 Å². The van der Waals surface area contributed by atoms with Crippen molar-refractivity contribution in [2.75, 3.05) is 5.75 Å². The van der Waals surface area contributed by atoms with Crippen LogP contribution in [0.15, 0.2) is 12.1 Å². The number of hydrogen-bond donors (Lipinski definition) is 0. The Hall–Kier alpha value is -0.855. The van der Waals surface area contributed by atoms with Gasteiger partial charge in [0.1, 0.15) is 0 Å². The summed E-state index contributed by atoms with van der Waals surface area (Å²) in [5, 5.41) is 0.